The number of halogens is 2. The SMILES string of the molecule is CC1CCCN(c2cc(-c3nc(C4CCC(F)(F)C4)no3)ccn2)C1. The smallest absolute Gasteiger partial charge is 0.258 e. The molecule has 2 aromatic rings. The largest absolute Gasteiger partial charge is 0.356 e. The first-order chi connectivity index (χ1) is 12.0. The minimum atomic E-state index is -2.61. The van der Waals surface area contributed by atoms with Crippen LogP contribution >= 0.6 is 0 Å². The molecule has 1 aliphatic carbocycles. The number of piperidine rings is 1. The Balaban J connectivity index is 1.53. The van der Waals surface area contributed by atoms with Gasteiger partial charge in [-0.3, -0.25) is 0 Å². The van der Waals surface area contributed by atoms with Gasteiger partial charge in [-0.1, -0.05) is 12.1 Å². The number of anilines is 1. The molecule has 1 saturated heterocycles. The molecule has 2 atom stereocenters. The number of nitrogens with zero attached hydrogens (tertiary/aromatic N) is 4. The molecule has 2 aromatic heterocycles. The molecule has 0 spiro atoms. The Morgan fingerprint density at radius 1 is 1.32 bits per heavy atom. The molecule has 2 unspecified atom stereocenters. The van der Waals surface area contributed by atoms with E-state index in [1.165, 1.54) is 6.42 Å². The minimum Gasteiger partial charge on any atom is -0.356 e. The summed E-state index contributed by atoms with van der Waals surface area (Å²) in [5, 5.41) is 3.94. The second-order valence-corrected chi connectivity index (χ2v) is 7.35. The standard InChI is InChI=1S/C18H22F2N4O/c1-12-3-2-8-24(11-12)15-9-13(5-7-21-15)17-22-16(23-25-17)14-4-6-18(19,20)10-14/h5,7,9,12,14H,2-4,6,8,10-11H2,1H3. The van der Waals surface area contributed by atoms with Crippen LogP contribution in [0.15, 0.2) is 22.9 Å². The first kappa shape index (κ1) is 16.4. The van der Waals surface area contributed by atoms with Crippen molar-refractivity contribution in [2.45, 2.75) is 50.9 Å². The molecule has 25 heavy (non-hydrogen) atoms. The summed E-state index contributed by atoms with van der Waals surface area (Å²) in [5.74, 6) is -0.623. The molecule has 0 aromatic carbocycles. The van der Waals surface area contributed by atoms with Crippen LogP contribution in [0.4, 0.5) is 14.6 Å². The summed E-state index contributed by atoms with van der Waals surface area (Å²) >= 11 is 0. The van der Waals surface area contributed by atoms with E-state index in [1.807, 2.05) is 12.1 Å². The minimum absolute atomic E-state index is 0.103. The van der Waals surface area contributed by atoms with Crippen molar-refractivity contribution in [3.8, 4) is 11.5 Å². The lowest BCUT2D eigenvalue weighted by molar-refractivity contribution is 0.00749. The van der Waals surface area contributed by atoms with Gasteiger partial charge in [0.25, 0.3) is 5.89 Å². The quantitative estimate of drug-likeness (QED) is 0.829. The van der Waals surface area contributed by atoms with E-state index in [0.29, 0.717) is 24.1 Å². The molecule has 1 saturated carbocycles. The van der Waals surface area contributed by atoms with E-state index in [-0.39, 0.29) is 18.8 Å². The Morgan fingerprint density at radius 2 is 2.20 bits per heavy atom. The lowest BCUT2D eigenvalue weighted by Crippen LogP contribution is -2.34. The summed E-state index contributed by atoms with van der Waals surface area (Å²) < 4.78 is 32.1. The van der Waals surface area contributed by atoms with Gasteiger partial charge >= 0.3 is 0 Å². The lowest BCUT2D eigenvalue weighted by atomic mass is 10.0. The van der Waals surface area contributed by atoms with Crippen molar-refractivity contribution < 1.29 is 13.3 Å². The molecule has 0 N–H and O–H groups in total. The van der Waals surface area contributed by atoms with Crippen LogP contribution in [0.2, 0.25) is 0 Å². The van der Waals surface area contributed by atoms with E-state index >= 15 is 0 Å². The van der Waals surface area contributed by atoms with Crippen LogP contribution in [0.1, 0.15) is 50.8 Å². The van der Waals surface area contributed by atoms with E-state index in [2.05, 4.69) is 26.9 Å². The van der Waals surface area contributed by atoms with Gasteiger partial charge < -0.3 is 9.42 Å². The van der Waals surface area contributed by atoms with Gasteiger partial charge in [-0.15, -0.1) is 0 Å². The summed E-state index contributed by atoms with van der Waals surface area (Å²) in [6.07, 6.45) is 4.24. The Kier molecular flexibility index (Phi) is 4.17. The molecule has 134 valence electrons. The Bertz CT molecular complexity index is 748. The fraction of sp³-hybridized carbons (Fsp3) is 0.611. The van der Waals surface area contributed by atoms with E-state index < -0.39 is 5.92 Å². The monoisotopic (exact) mass is 348 g/mol. The molecule has 2 fully saturated rings. The molecule has 0 amide bonds. The molecule has 7 heteroatoms. The van der Waals surface area contributed by atoms with Crippen molar-refractivity contribution in [1.82, 2.24) is 15.1 Å². The van der Waals surface area contributed by atoms with Crippen molar-refractivity contribution in [1.29, 1.82) is 0 Å². The van der Waals surface area contributed by atoms with Crippen LogP contribution in [0.5, 0.6) is 0 Å². The molecule has 4 rings (SSSR count). The lowest BCUT2D eigenvalue weighted by Gasteiger charge is -2.31. The number of aromatic nitrogens is 3. The maximum Gasteiger partial charge on any atom is 0.258 e. The van der Waals surface area contributed by atoms with Gasteiger partial charge in [0.05, 0.1) is 0 Å². The number of pyridine rings is 1. The van der Waals surface area contributed by atoms with Gasteiger partial charge in [-0.25, -0.2) is 13.8 Å². The third-order valence-corrected chi connectivity index (χ3v) is 5.18. The van der Waals surface area contributed by atoms with Crippen molar-refractivity contribution >= 4 is 5.82 Å². The molecule has 5 nitrogen and oxygen atoms in total. The van der Waals surface area contributed by atoms with Gasteiger partial charge in [0.2, 0.25) is 5.92 Å². The second-order valence-electron chi connectivity index (χ2n) is 7.35. The highest BCUT2D eigenvalue weighted by atomic mass is 19.3. The van der Waals surface area contributed by atoms with E-state index in [0.717, 1.165) is 30.9 Å². The Labute approximate surface area is 145 Å². The summed E-state index contributed by atoms with van der Waals surface area (Å²) in [5.41, 5.74) is 0.784. The highest BCUT2D eigenvalue weighted by Crippen LogP contribution is 2.43. The van der Waals surface area contributed by atoms with Crippen LogP contribution in [0.25, 0.3) is 11.5 Å². The maximum absolute atomic E-state index is 13.4. The van der Waals surface area contributed by atoms with Crippen LogP contribution in [0, 0.1) is 5.92 Å². The zero-order valence-corrected chi connectivity index (χ0v) is 14.3. The van der Waals surface area contributed by atoms with Gasteiger partial charge in [-0.2, -0.15) is 4.98 Å². The van der Waals surface area contributed by atoms with Crippen molar-refractivity contribution in [2.75, 3.05) is 18.0 Å². The van der Waals surface area contributed by atoms with E-state index in [9.17, 15) is 8.78 Å². The molecule has 0 bridgehead atoms. The number of alkyl halides is 2. The van der Waals surface area contributed by atoms with E-state index in [4.69, 9.17) is 4.52 Å². The Morgan fingerprint density at radius 3 is 2.96 bits per heavy atom. The summed E-state index contributed by atoms with van der Waals surface area (Å²) in [6.45, 7) is 4.23. The fourth-order valence-corrected chi connectivity index (χ4v) is 3.81. The highest BCUT2D eigenvalue weighted by Gasteiger charge is 2.42. The summed E-state index contributed by atoms with van der Waals surface area (Å²) in [6, 6.07) is 3.76. The topological polar surface area (TPSA) is 55.1 Å². The number of hydrogen-bond acceptors (Lipinski definition) is 5. The van der Waals surface area contributed by atoms with Crippen LogP contribution in [-0.4, -0.2) is 34.1 Å². The third-order valence-electron chi connectivity index (χ3n) is 5.18. The van der Waals surface area contributed by atoms with Crippen LogP contribution < -0.4 is 4.90 Å². The first-order valence-electron chi connectivity index (χ1n) is 8.93. The molecule has 0 radical (unpaired) electrons. The summed E-state index contributed by atoms with van der Waals surface area (Å²) in [4.78, 5) is 11.1. The normalized spacial score (nSPS) is 26.1. The number of rotatable bonds is 3. The van der Waals surface area contributed by atoms with Gasteiger partial charge in [-0.05, 0) is 37.3 Å². The molecule has 2 aliphatic rings. The maximum atomic E-state index is 13.4. The van der Waals surface area contributed by atoms with Crippen molar-refractivity contribution in [3.05, 3.63) is 24.2 Å². The van der Waals surface area contributed by atoms with Gasteiger partial charge in [0.1, 0.15) is 5.82 Å². The zero-order valence-electron chi connectivity index (χ0n) is 14.3. The van der Waals surface area contributed by atoms with Crippen molar-refractivity contribution in [2.24, 2.45) is 5.92 Å². The molecule has 1 aliphatic heterocycles. The Hall–Kier alpha value is -2.05. The van der Waals surface area contributed by atoms with Gasteiger partial charge in [0.15, 0.2) is 5.82 Å². The zero-order chi connectivity index (χ0) is 17.4. The van der Waals surface area contributed by atoms with Gasteiger partial charge in [0, 0.05) is 43.6 Å². The van der Waals surface area contributed by atoms with Crippen molar-refractivity contribution in [3.63, 3.8) is 0 Å². The van der Waals surface area contributed by atoms with E-state index in [1.54, 1.807) is 6.20 Å². The van der Waals surface area contributed by atoms with Crippen LogP contribution in [-0.2, 0) is 0 Å². The average molecular weight is 348 g/mol. The predicted octanol–water partition coefficient (Wildman–Crippen LogP) is 4.27. The third kappa shape index (κ3) is 3.50. The fourth-order valence-electron chi connectivity index (χ4n) is 3.81. The average Bonchev–Trinajstić information content (AvgIpc) is 3.21. The summed E-state index contributed by atoms with van der Waals surface area (Å²) in [7, 11) is 0. The second kappa shape index (κ2) is 6.35. The molecular weight excluding hydrogens is 326 g/mol. The molecular formula is C18H22F2N4O. The molecule has 3 heterocycles. The predicted molar refractivity (Wildman–Crippen MR) is 89.7 cm³/mol. The first-order valence-corrected chi connectivity index (χ1v) is 8.93. The highest BCUT2D eigenvalue weighted by molar-refractivity contribution is 5.58. The number of hydrogen-bond donors (Lipinski definition) is 0. The van der Waals surface area contributed by atoms with Crippen LogP contribution in [0.3, 0.4) is 0 Å².